The van der Waals surface area contributed by atoms with Gasteiger partial charge in [0.15, 0.2) is 0 Å². The Morgan fingerprint density at radius 2 is 1.55 bits per heavy atom. The second kappa shape index (κ2) is 7.69. The van der Waals surface area contributed by atoms with E-state index in [1.165, 1.54) is 5.56 Å². The summed E-state index contributed by atoms with van der Waals surface area (Å²) in [6.45, 7) is 11.0. The van der Waals surface area contributed by atoms with Crippen molar-refractivity contribution >= 4 is 0 Å². The molecular formula is C27H29N3O. The fourth-order valence-electron chi connectivity index (χ4n) is 3.71. The largest absolute Gasteiger partial charge is 0.507 e. The number of phenolic OH excluding ortho intramolecular Hbond substituents is 1. The van der Waals surface area contributed by atoms with Crippen LogP contribution in [0.4, 0.5) is 0 Å². The van der Waals surface area contributed by atoms with Gasteiger partial charge in [-0.3, -0.25) is 4.98 Å². The highest BCUT2D eigenvalue weighted by atomic mass is 16.3. The molecule has 0 fully saturated rings. The highest BCUT2D eigenvalue weighted by Crippen LogP contribution is 2.34. The van der Waals surface area contributed by atoms with Crippen molar-refractivity contribution in [3.05, 3.63) is 89.9 Å². The van der Waals surface area contributed by atoms with Gasteiger partial charge in [0.05, 0.1) is 22.8 Å². The molecule has 0 unspecified atom stereocenters. The van der Waals surface area contributed by atoms with Gasteiger partial charge in [0.2, 0.25) is 0 Å². The van der Waals surface area contributed by atoms with Gasteiger partial charge in [-0.2, -0.15) is 0 Å². The topological polar surface area (TPSA) is 61.8 Å². The van der Waals surface area contributed by atoms with Crippen molar-refractivity contribution in [2.45, 2.75) is 45.4 Å². The summed E-state index contributed by atoms with van der Waals surface area (Å²) in [5.41, 5.74) is 6.41. The second-order valence-corrected chi connectivity index (χ2v) is 9.52. The Morgan fingerprint density at radius 1 is 0.806 bits per heavy atom. The van der Waals surface area contributed by atoms with Crippen LogP contribution in [-0.2, 0) is 10.8 Å². The summed E-state index contributed by atoms with van der Waals surface area (Å²) in [6, 6.07) is 21.6. The zero-order chi connectivity index (χ0) is 22.2. The van der Waals surface area contributed by atoms with E-state index in [0.717, 1.165) is 34.0 Å². The van der Waals surface area contributed by atoms with Gasteiger partial charge in [-0.1, -0.05) is 39.0 Å². The van der Waals surface area contributed by atoms with Crippen molar-refractivity contribution < 1.29 is 5.11 Å². The fraction of sp³-hybridized carbons (Fsp3) is 0.259. The van der Waals surface area contributed by atoms with Crippen LogP contribution < -0.4 is 0 Å². The molecule has 0 bridgehead atoms. The number of aromatic amines is 1. The maximum Gasteiger partial charge on any atom is 0.124 e. The van der Waals surface area contributed by atoms with Crippen molar-refractivity contribution in [3.8, 4) is 28.4 Å². The van der Waals surface area contributed by atoms with Crippen molar-refractivity contribution in [2.24, 2.45) is 0 Å². The van der Waals surface area contributed by atoms with E-state index in [-0.39, 0.29) is 16.6 Å². The Morgan fingerprint density at radius 3 is 2.29 bits per heavy atom. The van der Waals surface area contributed by atoms with Crippen LogP contribution in [0.1, 0.15) is 51.6 Å². The van der Waals surface area contributed by atoms with E-state index in [1.807, 2.05) is 42.6 Å². The summed E-state index contributed by atoms with van der Waals surface area (Å²) >= 11 is 0. The number of hydrogen-bond donors (Lipinski definition) is 2. The third-order valence-corrected chi connectivity index (χ3v) is 5.83. The molecule has 0 saturated carbocycles. The lowest BCUT2D eigenvalue weighted by Gasteiger charge is -2.26. The van der Waals surface area contributed by atoms with E-state index in [1.54, 1.807) is 6.07 Å². The van der Waals surface area contributed by atoms with Crippen molar-refractivity contribution in [1.82, 2.24) is 15.0 Å². The van der Waals surface area contributed by atoms with Crippen LogP contribution in [0.25, 0.3) is 22.6 Å². The molecule has 0 radical (unpaired) electrons. The highest BCUT2D eigenvalue weighted by molar-refractivity contribution is 5.69. The van der Waals surface area contributed by atoms with Crippen LogP contribution >= 0.6 is 0 Å². The smallest absolute Gasteiger partial charge is 0.124 e. The molecule has 31 heavy (non-hydrogen) atoms. The van der Waals surface area contributed by atoms with Gasteiger partial charge in [0.1, 0.15) is 5.75 Å². The number of para-hydroxylation sites is 1. The first-order valence-corrected chi connectivity index (χ1v) is 10.6. The van der Waals surface area contributed by atoms with Crippen molar-refractivity contribution in [3.63, 3.8) is 0 Å². The molecule has 0 spiro atoms. The number of benzene rings is 1. The Kier molecular flexibility index (Phi) is 5.18. The molecule has 3 heterocycles. The van der Waals surface area contributed by atoms with Gasteiger partial charge in [-0.05, 0) is 73.4 Å². The molecule has 0 atom stereocenters. The average Bonchev–Trinajstić information content (AvgIpc) is 3.25. The lowest BCUT2D eigenvalue weighted by Crippen LogP contribution is -2.22. The summed E-state index contributed by atoms with van der Waals surface area (Å²) in [7, 11) is 0. The van der Waals surface area contributed by atoms with Gasteiger partial charge in [-0.15, -0.1) is 0 Å². The van der Waals surface area contributed by atoms with Crippen LogP contribution in [0.15, 0.2) is 72.9 Å². The summed E-state index contributed by atoms with van der Waals surface area (Å²) in [4.78, 5) is 13.0. The first kappa shape index (κ1) is 20.9. The maximum absolute atomic E-state index is 10.2. The van der Waals surface area contributed by atoms with Gasteiger partial charge in [0, 0.05) is 22.9 Å². The minimum Gasteiger partial charge on any atom is -0.507 e. The number of pyridine rings is 2. The summed E-state index contributed by atoms with van der Waals surface area (Å²) < 4.78 is 0. The van der Waals surface area contributed by atoms with Gasteiger partial charge < -0.3 is 10.1 Å². The minimum atomic E-state index is -0.283. The third-order valence-electron chi connectivity index (χ3n) is 5.83. The molecule has 1 aromatic carbocycles. The Hall–Kier alpha value is -3.40. The monoisotopic (exact) mass is 411 g/mol. The van der Waals surface area contributed by atoms with E-state index in [2.05, 4.69) is 68.9 Å². The molecule has 4 rings (SSSR count). The van der Waals surface area contributed by atoms with E-state index in [4.69, 9.17) is 4.98 Å². The molecule has 3 aromatic heterocycles. The van der Waals surface area contributed by atoms with Gasteiger partial charge in [0.25, 0.3) is 0 Å². The summed E-state index contributed by atoms with van der Waals surface area (Å²) in [5.74, 6) is 0.227. The van der Waals surface area contributed by atoms with Crippen LogP contribution in [0.3, 0.4) is 0 Å². The summed E-state index contributed by atoms with van der Waals surface area (Å²) in [5, 5.41) is 10.2. The number of nitrogens with zero attached hydrogens (tertiary/aromatic N) is 2. The second-order valence-electron chi connectivity index (χ2n) is 9.52. The lowest BCUT2D eigenvalue weighted by atomic mass is 9.81. The molecule has 2 N–H and O–H groups in total. The van der Waals surface area contributed by atoms with E-state index >= 15 is 0 Å². The molecule has 0 amide bonds. The van der Waals surface area contributed by atoms with Crippen LogP contribution in [0.5, 0.6) is 5.75 Å². The van der Waals surface area contributed by atoms with E-state index in [0.29, 0.717) is 0 Å². The molecule has 0 aliphatic carbocycles. The molecule has 0 aliphatic heterocycles. The number of aromatic nitrogens is 3. The van der Waals surface area contributed by atoms with Crippen LogP contribution in [-0.4, -0.2) is 20.1 Å². The molecule has 4 aromatic rings. The lowest BCUT2D eigenvalue weighted by molar-refractivity contribution is 0.477. The van der Waals surface area contributed by atoms with Crippen molar-refractivity contribution in [2.75, 3.05) is 0 Å². The van der Waals surface area contributed by atoms with Crippen LogP contribution in [0, 0.1) is 0 Å². The quantitative estimate of drug-likeness (QED) is 0.405. The highest BCUT2D eigenvalue weighted by Gasteiger charge is 2.28. The number of nitrogens with one attached hydrogen (secondary N) is 1. The SMILES string of the molecule is CC(C)(C)c1ccnc(C(C)(C)c2ccc(-c3cccc(-c4ccccc4O)n3)[nH]2)c1. The number of rotatable bonds is 4. The Bertz CT molecular complexity index is 1210. The average molecular weight is 412 g/mol. The van der Waals surface area contributed by atoms with Crippen molar-refractivity contribution in [1.29, 1.82) is 0 Å². The van der Waals surface area contributed by atoms with Crippen LogP contribution in [0.2, 0.25) is 0 Å². The number of H-pyrrole nitrogens is 1. The molecule has 0 saturated heterocycles. The number of phenols is 1. The fourth-order valence-corrected chi connectivity index (χ4v) is 3.71. The van der Waals surface area contributed by atoms with E-state index in [9.17, 15) is 5.11 Å². The normalized spacial score (nSPS) is 12.2. The molecule has 0 aliphatic rings. The Labute approximate surface area is 184 Å². The summed E-state index contributed by atoms with van der Waals surface area (Å²) in [6.07, 6.45) is 1.90. The third kappa shape index (κ3) is 4.11. The zero-order valence-electron chi connectivity index (χ0n) is 18.8. The van der Waals surface area contributed by atoms with Gasteiger partial charge in [-0.25, -0.2) is 4.98 Å². The molecule has 158 valence electrons. The standard InChI is InChI=1S/C27H29N3O/c1-26(2,3)18-15-16-28-25(17-18)27(4,5)24-14-13-22(30-24)21-11-8-10-20(29-21)19-9-6-7-12-23(19)31/h6-17,30-31H,1-5H3. The predicted molar refractivity (Wildman–Crippen MR) is 126 cm³/mol. The minimum absolute atomic E-state index is 0.0715. The molecule has 4 heteroatoms. The predicted octanol–water partition coefficient (Wildman–Crippen LogP) is 6.47. The Balaban J connectivity index is 1.69. The number of hydrogen-bond acceptors (Lipinski definition) is 3. The first-order chi connectivity index (χ1) is 14.7. The molecular weight excluding hydrogens is 382 g/mol. The number of aromatic hydroxyl groups is 1. The maximum atomic E-state index is 10.2. The van der Waals surface area contributed by atoms with Gasteiger partial charge >= 0.3 is 0 Å². The molecule has 4 nitrogen and oxygen atoms in total. The first-order valence-electron chi connectivity index (χ1n) is 10.6. The van der Waals surface area contributed by atoms with E-state index < -0.39 is 0 Å². The zero-order valence-corrected chi connectivity index (χ0v) is 18.8.